The van der Waals surface area contributed by atoms with Gasteiger partial charge >= 0.3 is 0 Å². The molecule has 2 rings (SSSR count). The first-order valence-electron chi connectivity index (χ1n) is 7.81. The highest BCUT2D eigenvalue weighted by Crippen LogP contribution is 2.27. The first-order valence-corrected chi connectivity index (χ1v) is 8.69. The molecule has 1 fully saturated rings. The van der Waals surface area contributed by atoms with Gasteiger partial charge < -0.3 is 5.32 Å². The topological polar surface area (TPSA) is 28.2 Å². The number of aromatic nitrogens is 1. The maximum atomic E-state index is 4.81. The minimum atomic E-state index is 0.184. The molecule has 1 aliphatic heterocycles. The van der Waals surface area contributed by atoms with Crippen LogP contribution in [0.3, 0.4) is 0 Å². The molecule has 0 unspecified atom stereocenters. The number of hydrogen-bond donors (Lipinski definition) is 1. The smallest absolute Gasteiger partial charge is 0.0982 e. The van der Waals surface area contributed by atoms with Gasteiger partial charge in [-0.1, -0.05) is 20.8 Å². The van der Waals surface area contributed by atoms with Crippen molar-refractivity contribution in [1.82, 2.24) is 15.2 Å². The average molecular weight is 295 g/mol. The minimum absolute atomic E-state index is 0.184. The molecule has 20 heavy (non-hydrogen) atoms. The molecule has 4 heteroatoms. The van der Waals surface area contributed by atoms with Crippen LogP contribution in [0, 0.1) is 5.92 Å². The summed E-state index contributed by atoms with van der Waals surface area (Å²) in [6, 6.07) is 0. The highest BCUT2D eigenvalue weighted by atomic mass is 32.1. The first kappa shape index (κ1) is 15.9. The molecule has 3 nitrogen and oxygen atoms in total. The largest absolute Gasteiger partial charge is 0.320 e. The third kappa shape index (κ3) is 4.54. The van der Waals surface area contributed by atoms with E-state index in [1.165, 1.54) is 43.1 Å². The van der Waals surface area contributed by atoms with E-state index in [9.17, 15) is 0 Å². The predicted molar refractivity (Wildman–Crippen MR) is 87.4 cm³/mol. The van der Waals surface area contributed by atoms with Gasteiger partial charge in [-0.25, -0.2) is 4.98 Å². The number of hydrogen-bond acceptors (Lipinski definition) is 4. The van der Waals surface area contributed by atoms with Gasteiger partial charge in [-0.2, -0.15) is 0 Å². The molecule has 0 spiro atoms. The van der Waals surface area contributed by atoms with Crippen molar-refractivity contribution in [3.8, 4) is 0 Å². The van der Waals surface area contributed by atoms with Crippen molar-refractivity contribution in [2.24, 2.45) is 5.92 Å². The van der Waals surface area contributed by atoms with E-state index in [0.717, 1.165) is 19.0 Å². The Labute approximate surface area is 127 Å². The molecule has 1 N–H and O–H groups in total. The van der Waals surface area contributed by atoms with E-state index in [1.54, 1.807) is 0 Å². The van der Waals surface area contributed by atoms with Crippen LogP contribution in [0.2, 0.25) is 0 Å². The van der Waals surface area contributed by atoms with E-state index in [0.29, 0.717) is 0 Å². The van der Waals surface area contributed by atoms with Gasteiger partial charge in [0, 0.05) is 17.3 Å². The van der Waals surface area contributed by atoms with Gasteiger partial charge in [-0.15, -0.1) is 11.3 Å². The van der Waals surface area contributed by atoms with Crippen molar-refractivity contribution < 1.29 is 0 Å². The van der Waals surface area contributed by atoms with Crippen LogP contribution >= 0.6 is 11.3 Å². The zero-order chi connectivity index (χ0) is 14.6. The Bertz CT molecular complexity index is 400. The van der Waals surface area contributed by atoms with Gasteiger partial charge in [0.25, 0.3) is 0 Å². The highest BCUT2D eigenvalue weighted by molar-refractivity contribution is 7.09. The molecule has 0 aliphatic carbocycles. The lowest BCUT2D eigenvalue weighted by molar-refractivity contribution is 0.171. The molecule has 1 aliphatic rings. The van der Waals surface area contributed by atoms with Crippen LogP contribution in [0.15, 0.2) is 5.38 Å². The molecule has 1 aromatic rings. The highest BCUT2D eigenvalue weighted by Gasteiger charge is 2.21. The molecule has 0 radical (unpaired) electrons. The van der Waals surface area contributed by atoms with Gasteiger partial charge in [0.1, 0.15) is 0 Å². The maximum absolute atomic E-state index is 4.81. The lowest BCUT2D eigenvalue weighted by Crippen LogP contribution is -2.34. The molecular weight excluding hydrogens is 266 g/mol. The van der Waals surface area contributed by atoms with E-state index >= 15 is 0 Å². The van der Waals surface area contributed by atoms with E-state index < -0.39 is 0 Å². The van der Waals surface area contributed by atoms with Crippen LogP contribution in [0.25, 0.3) is 0 Å². The summed E-state index contributed by atoms with van der Waals surface area (Å²) >= 11 is 1.81. The summed E-state index contributed by atoms with van der Waals surface area (Å²) in [4.78, 5) is 7.38. The van der Waals surface area contributed by atoms with E-state index in [-0.39, 0.29) is 5.41 Å². The summed E-state index contributed by atoms with van der Waals surface area (Å²) in [5, 5.41) is 6.76. The Morgan fingerprint density at radius 3 is 2.60 bits per heavy atom. The zero-order valence-electron chi connectivity index (χ0n) is 13.4. The molecular formula is C16H29N3S. The van der Waals surface area contributed by atoms with Gasteiger partial charge in [0.15, 0.2) is 0 Å². The standard InChI is InChI=1S/C16H29N3S/c1-16(2,3)15-18-14(12-20-15)11-19-9-6-13(7-10-19)5-8-17-4/h12-13,17H,5-11H2,1-4H3. The van der Waals surface area contributed by atoms with Gasteiger partial charge in [0.05, 0.1) is 10.7 Å². The number of rotatable bonds is 5. The van der Waals surface area contributed by atoms with Crippen LogP contribution in [0.1, 0.15) is 50.7 Å². The molecule has 0 saturated carbocycles. The predicted octanol–water partition coefficient (Wildman–Crippen LogP) is 3.26. The summed E-state index contributed by atoms with van der Waals surface area (Å²) < 4.78 is 0. The molecule has 2 heterocycles. The van der Waals surface area contributed by atoms with Crippen molar-refractivity contribution in [3.05, 3.63) is 16.1 Å². The quantitative estimate of drug-likeness (QED) is 0.903. The van der Waals surface area contributed by atoms with Crippen LogP contribution in [-0.2, 0) is 12.0 Å². The second kappa shape index (κ2) is 7.01. The Morgan fingerprint density at radius 2 is 2.05 bits per heavy atom. The molecule has 1 saturated heterocycles. The summed E-state index contributed by atoms with van der Waals surface area (Å²) in [5.74, 6) is 0.916. The van der Waals surface area contributed by atoms with Crippen molar-refractivity contribution >= 4 is 11.3 Å². The summed E-state index contributed by atoms with van der Waals surface area (Å²) in [6.07, 6.45) is 4.02. The summed E-state index contributed by atoms with van der Waals surface area (Å²) in [7, 11) is 2.05. The van der Waals surface area contributed by atoms with Crippen molar-refractivity contribution in [3.63, 3.8) is 0 Å². The first-order chi connectivity index (χ1) is 9.49. The zero-order valence-corrected chi connectivity index (χ0v) is 14.2. The molecule has 0 amide bonds. The second-order valence-corrected chi connectivity index (χ2v) is 7.86. The minimum Gasteiger partial charge on any atom is -0.320 e. The second-order valence-electron chi connectivity index (χ2n) is 7.01. The Morgan fingerprint density at radius 1 is 1.35 bits per heavy atom. The van der Waals surface area contributed by atoms with Crippen molar-refractivity contribution in [2.75, 3.05) is 26.7 Å². The fourth-order valence-electron chi connectivity index (χ4n) is 2.73. The SMILES string of the molecule is CNCCC1CCN(Cc2csc(C(C)(C)C)n2)CC1. The van der Waals surface area contributed by atoms with Gasteiger partial charge in [-0.05, 0) is 51.9 Å². The third-order valence-electron chi connectivity index (χ3n) is 4.09. The Kier molecular flexibility index (Phi) is 5.58. The fraction of sp³-hybridized carbons (Fsp3) is 0.812. The van der Waals surface area contributed by atoms with E-state index in [4.69, 9.17) is 4.98 Å². The van der Waals surface area contributed by atoms with E-state index in [2.05, 4.69) is 36.4 Å². The lowest BCUT2D eigenvalue weighted by atomic mass is 9.93. The van der Waals surface area contributed by atoms with Crippen LogP contribution in [-0.4, -0.2) is 36.6 Å². The van der Waals surface area contributed by atoms with Crippen LogP contribution in [0.5, 0.6) is 0 Å². The Hall–Kier alpha value is -0.450. The van der Waals surface area contributed by atoms with Gasteiger partial charge in [0.2, 0.25) is 0 Å². The summed E-state index contributed by atoms with van der Waals surface area (Å²) in [6.45, 7) is 11.4. The molecule has 1 aromatic heterocycles. The van der Waals surface area contributed by atoms with Crippen LogP contribution in [0.4, 0.5) is 0 Å². The molecule has 0 bridgehead atoms. The number of piperidine rings is 1. The molecule has 0 atom stereocenters. The maximum Gasteiger partial charge on any atom is 0.0982 e. The number of likely N-dealkylation sites (tertiary alicyclic amines) is 1. The molecule has 0 aromatic carbocycles. The number of nitrogens with zero attached hydrogens (tertiary/aromatic N) is 2. The number of thiazole rings is 1. The van der Waals surface area contributed by atoms with Crippen molar-refractivity contribution in [1.29, 1.82) is 0 Å². The number of nitrogens with one attached hydrogen (secondary N) is 1. The third-order valence-corrected chi connectivity index (χ3v) is 5.41. The molecule has 114 valence electrons. The van der Waals surface area contributed by atoms with Crippen molar-refractivity contribution in [2.45, 2.75) is 52.0 Å². The fourth-order valence-corrected chi connectivity index (χ4v) is 3.63. The van der Waals surface area contributed by atoms with Gasteiger partial charge in [-0.3, -0.25) is 4.90 Å². The monoisotopic (exact) mass is 295 g/mol. The Balaban J connectivity index is 1.79. The summed E-state index contributed by atoms with van der Waals surface area (Å²) in [5.41, 5.74) is 1.44. The normalized spacial score (nSPS) is 18.6. The van der Waals surface area contributed by atoms with Crippen LogP contribution < -0.4 is 5.32 Å². The van der Waals surface area contributed by atoms with E-state index in [1.807, 2.05) is 18.4 Å². The average Bonchev–Trinajstić information content (AvgIpc) is 2.86. The lowest BCUT2D eigenvalue weighted by Gasteiger charge is -2.31.